The average molecular weight is 459 g/mol. The Kier molecular flexibility index (Phi) is 9.07. The molecule has 6 nitrogen and oxygen atoms in total. The highest BCUT2D eigenvalue weighted by molar-refractivity contribution is 8.18. The van der Waals surface area contributed by atoms with Gasteiger partial charge >= 0.3 is 6.09 Å². The molecule has 2 aliphatic heterocycles. The van der Waals surface area contributed by atoms with Crippen LogP contribution >= 0.6 is 23.5 Å². The van der Waals surface area contributed by atoms with E-state index in [1.165, 1.54) is 12.8 Å². The van der Waals surface area contributed by atoms with E-state index in [-0.39, 0.29) is 27.9 Å². The maximum absolute atomic E-state index is 13.8. The van der Waals surface area contributed by atoms with Crippen molar-refractivity contribution in [2.75, 3.05) is 38.4 Å². The van der Waals surface area contributed by atoms with Crippen LogP contribution in [0.5, 0.6) is 0 Å². The van der Waals surface area contributed by atoms with Crippen molar-refractivity contribution in [1.29, 1.82) is 0 Å². The minimum atomic E-state index is -0.502. The van der Waals surface area contributed by atoms with Gasteiger partial charge in [0.2, 0.25) is 5.91 Å². The van der Waals surface area contributed by atoms with Gasteiger partial charge in [-0.3, -0.25) is 4.79 Å². The van der Waals surface area contributed by atoms with Crippen LogP contribution in [0.4, 0.5) is 4.79 Å². The van der Waals surface area contributed by atoms with E-state index < -0.39 is 12.1 Å². The van der Waals surface area contributed by atoms with Crippen LogP contribution in [0.15, 0.2) is 0 Å². The predicted octanol–water partition coefficient (Wildman–Crippen LogP) is 4.13. The summed E-state index contributed by atoms with van der Waals surface area (Å²) < 4.78 is 10.9. The second-order valence-corrected chi connectivity index (χ2v) is 12.5. The summed E-state index contributed by atoms with van der Waals surface area (Å²) in [5, 5.41) is 2.97. The first-order chi connectivity index (χ1) is 14.4. The number of methoxy groups -OCH3 is 1. The van der Waals surface area contributed by atoms with E-state index in [1.54, 1.807) is 7.11 Å². The third kappa shape index (κ3) is 6.22. The van der Waals surface area contributed by atoms with Gasteiger partial charge in [-0.25, -0.2) is 4.79 Å². The summed E-state index contributed by atoms with van der Waals surface area (Å²) in [5.41, 5.74) is 0. The van der Waals surface area contributed by atoms with Crippen molar-refractivity contribution in [3.63, 3.8) is 0 Å². The third-order valence-corrected chi connectivity index (χ3v) is 9.60. The summed E-state index contributed by atoms with van der Waals surface area (Å²) in [6.45, 7) is 5.67. The van der Waals surface area contributed by atoms with Crippen LogP contribution in [0.3, 0.4) is 0 Å². The van der Waals surface area contributed by atoms with Gasteiger partial charge < -0.3 is 19.7 Å². The number of alkyl carbamates (subject to hydrolysis) is 1. The summed E-state index contributed by atoms with van der Waals surface area (Å²) in [6.07, 6.45) is 7.14. The lowest BCUT2D eigenvalue weighted by Gasteiger charge is -2.35. The van der Waals surface area contributed by atoms with Crippen LogP contribution in [-0.4, -0.2) is 71.4 Å². The Morgan fingerprint density at radius 1 is 1.13 bits per heavy atom. The molecule has 2 amide bonds. The van der Waals surface area contributed by atoms with Crippen molar-refractivity contribution in [3.05, 3.63) is 0 Å². The Morgan fingerprint density at radius 2 is 1.83 bits per heavy atom. The van der Waals surface area contributed by atoms with Crippen molar-refractivity contribution in [2.24, 2.45) is 11.8 Å². The number of hydrogen-bond acceptors (Lipinski definition) is 6. The molecule has 2 heterocycles. The minimum absolute atomic E-state index is 0.0501. The first-order valence-electron chi connectivity index (χ1n) is 11.4. The SMILES string of the molecule is COC[C@@H]1CC2(CN1C(=O)C(NC(=O)OCC(C)C)C1CCCCC1)SCCCS2. The van der Waals surface area contributed by atoms with E-state index >= 15 is 0 Å². The van der Waals surface area contributed by atoms with Crippen molar-refractivity contribution in [1.82, 2.24) is 10.2 Å². The summed E-state index contributed by atoms with van der Waals surface area (Å²) in [6, 6.07) is -0.432. The fourth-order valence-corrected chi connectivity index (χ4v) is 8.20. The Labute approximate surface area is 189 Å². The number of nitrogens with one attached hydrogen (secondary N) is 1. The molecule has 0 radical (unpaired) electrons. The van der Waals surface area contributed by atoms with Crippen molar-refractivity contribution in [2.45, 2.75) is 75.0 Å². The number of likely N-dealkylation sites (tertiary alicyclic amines) is 1. The van der Waals surface area contributed by atoms with Gasteiger partial charge in [-0.05, 0) is 49.0 Å². The van der Waals surface area contributed by atoms with Gasteiger partial charge in [0, 0.05) is 13.7 Å². The van der Waals surface area contributed by atoms with E-state index in [9.17, 15) is 9.59 Å². The van der Waals surface area contributed by atoms with E-state index in [4.69, 9.17) is 9.47 Å². The third-order valence-electron chi connectivity index (χ3n) is 6.27. The molecule has 30 heavy (non-hydrogen) atoms. The van der Waals surface area contributed by atoms with E-state index in [1.807, 2.05) is 42.3 Å². The standard InChI is InChI=1S/C22H38N2O4S2/c1-16(2)13-28-21(26)23-19(17-8-5-4-6-9-17)20(25)24-15-22(12-18(24)14-27-3)29-10-7-11-30-22/h16-19H,4-15H2,1-3H3,(H,23,26)/t18-,19?/m0/s1. The van der Waals surface area contributed by atoms with Crippen LogP contribution in [-0.2, 0) is 14.3 Å². The van der Waals surface area contributed by atoms with Gasteiger partial charge in [0.15, 0.2) is 0 Å². The highest BCUT2D eigenvalue weighted by Crippen LogP contribution is 2.50. The van der Waals surface area contributed by atoms with Gasteiger partial charge in [0.1, 0.15) is 6.04 Å². The van der Waals surface area contributed by atoms with Crippen LogP contribution in [0.25, 0.3) is 0 Å². The average Bonchev–Trinajstić information content (AvgIpc) is 3.08. The van der Waals surface area contributed by atoms with Gasteiger partial charge in [-0.2, -0.15) is 0 Å². The number of rotatable bonds is 7. The fourth-order valence-electron chi connectivity index (χ4n) is 4.79. The normalized spacial score (nSPS) is 25.5. The monoisotopic (exact) mass is 458 g/mol. The highest BCUT2D eigenvalue weighted by atomic mass is 32.2. The largest absolute Gasteiger partial charge is 0.449 e. The number of carbonyl (C=O) groups is 2. The molecule has 2 atom stereocenters. The number of nitrogens with zero attached hydrogens (tertiary/aromatic N) is 1. The van der Waals surface area contributed by atoms with Crippen molar-refractivity contribution >= 4 is 35.5 Å². The molecule has 3 aliphatic rings. The van der Waals surface area contributed by atoms with E-state index in [0.717, 1.165) is 50.2 Å². The molecule has 1 aliphatic carbocycles. The zero-order valence-corrected chi connectivity index (χ0v) is 20.3. The van der Waals surface area contributed by atoms with Crippen LogP contribution < -0.4 is 5.32 Å². The summed E-state index contributed by atoms with van der Waals surface area (Å²) in [5.74, 6) is 2.81. The molecule has 1 saturated carbocycles. The van der Waals surface area contributed by atoms with Gasteiger partial charge in [0.05, 0.1) is 23.3 Å². The Hall–Kier alpha value is -0.600. The van der Waals surface area contributed by atoms with Gasteiger partial charge in [-0.1, -0.05) is 33.1 Å². The molecule has 8 heteroatoms. The number of amides is 2. The molecule has 1 N–H and O–H groups in total. The molecule has 172 valence electrons. The molecule has 0 bridgehead atoms. The summed E-state index contributed by atoms with van der Waals surface area (Å²) in [7, 11) is 1.70. The lowest BCUT2D eigenvalue weighted by atomic mass is 9.83. The second-order valence-electron chi connectivity index (χ2n) is 9.25. The zero-order chi connectivity index (χ0) is 21.6. The second kappa shape index (κ2) is 11.3. The molecular weight excluding hydrogens is 420 g/mol. The van der Waals surface area contributed by atoms with Crippen LogP contribution in [0.2, 0.25) is 0 Å². The van der Waals surface area contributed by atoms with Crippen LogP contribution in [0.1, 0.15) is 58.8 Å². The smallest absolute Gasteiger partial charge is 0.407 e. The van der Waals surface area contributed by atoms with E-state index in [2.05, 4.69) is 5.32 Å². The number of thioether (sulfide) groups is 2. The molecule has 0 aromatic heterocycles. The number of ether oxygens (including phenoxy) is 2. The first kappa shape index (κ1) is 24.1. The molecular formula is C22H38N2O4S2. The summed E-state index contributed by atoms with van der Waals surface area (Å²) in [4.78, 5) is 28.3. The van der Waals surface area contributed by atoms with Crippen molar-refractivity contribution in [3.8, 4) is 0 Å². The zero-order valence-electron chi connectivity index (χ0n) is 18.7. The molecule has 1 spiro atoms. The Morgan fingerprint density at radius 3 is 2.47 bits per heavy atom. The first-order valence-corrected chi connectivity index (χ1v) is 13.4. The quantitative estimate of drug-likeness (QED) is 0.619. The van der Waals surface area contributed by atoms with Crippen LogP contribution in [0, 0.1) is 11.8 Å². The fraction of sp³-hybridized carbons (Fsp3) is 0.909. The maximum Gasteiger partial charge on any atom is 0.407 e. The predicted molar refractivity (Wildman–Crippen MR) is 124 cm³/mol. The summed E-state index contributed by atoms with van der Waals surface area (Å²) >= 11 is 4.00. The Balaban J connectivity index is 1.74. The van der Waals surface area contributed by atoms with E-state index in [0.29, 0.717) is 13.2 Å². The lowest BCUT2D eigenvalue weighted by Crippen LogP contribution is -2.54. The molecule has 0 aromatic carbocycles. The highest BCUT2D eigenvalue weighted by Gasteiger charge is 2.49. The topological polar surface area (TPSA) is 67.9 Å². The number of carbonyl (C=O) groups excluding carboxylic acids is 2. The Bertz CT molecular complexity index is 577. The molecule has 3 rings (SSSR count). The molecule has 1 unspecified atom stereocenters. The maximum atomic E-state index is 13.8. The van der Waals surface area contributed by atoms with Crippen molar-refractivity contribution < 1.29 is 19.1 Å². The molecule has 3 fully saturated rings. The van der Waals surface area contributed by atoms with Gasteiger partial charge in [0.25, 0.3) is 0 Å². The molecule has 0 aromatic rings. The van der Waals surface area contributed by atoms with Gasteiger partial charge in [-0.15, -0.1) is 23.5 Å². The molecule has 2 saturated heterocycles. The minimum Gasteiger partial charge on any atom is -0.449 e. The number of hydrogen-bond donors (Lipinski definition) is 1. The lowest BCUT2D eigenvalue weighted by molar-refractivity contribution is -0.136.